The van der Waals surface area contributed by atoms with E-state index < -0.39 is 28.9 Å². The van der Waals surface area contributed by atoms with Crippen LogP contribution in [0.2, 0.25) is 0 Å². The third-order valence-electron chi connectivity index (χ3n) is 6.84. The Bertz CT molecular complexity index is 1260. The Morgan fingerprint density at radius 3 is 2.50 bits per heavy atom. The molecule has 5 rings (SSSR count). The number of pyridine rings is 1. The molecule has 2 aromatic rings. The molecule has 3 fully saturated rings. The van der Waals surface area contributed by atoms with Gasteiger partial charge in [0, 0.05) is 25.3 Å². The molecule has 1 spiro atoms. The molecule has 186 valence electrons. The molecule has 0 N–H and O–H groups in total. The first kappa shape index (κ1) is 24.2. The van der Waals surface area contributed by atoms with Gasteiger partial charge in [-0.15, -0.1) is 6.58 Å². The molecule has 0 unspecified atom stereocenters. The minimum Gasteiger partial charge on any atom is -0.488 e. The summed E-state index contributed by atoms with van der Waals surface area (Å²) in [6.07, 6.45) is 0.0653. The molecule has 0 bridgehead atoms. The number of alkyl halides is 3. The molecule has 1 aromatic heterocycles. The lowest BCUT2D eigenvalue weighted by atomic mass is 9.75. The highest BCUT2D eigenvalue weighted by Gasteiger charge is 2.59. The van der Waals surface area contributed by atoms with E-state index >= 15 is 0 Å². The second-order valence-corrected chi connectivity index (χ2v) is 9.45. The Morgan fingerprint density at radius 2 is 1.94 bits per heavy atom. The first-order valence-corrected chi connectivity index (χ1v) is 11.8. The molecule has 3 aliphatic rings. The smallest absolute Gasteiger partial charge is 0.419 e. The Labute approximate surface area is 211 Å². The van der Waals surface area contributed by atoms with E-state index in [0.717, 1.165) is 43.2 Å². The van der Waals surface area contributed by atoms with Crippen LogP contribution in [-0.4, -0.2) is 52.2 Å². The molecule has 3 heterocycles. The molecule has 1 aliphatic carbocycles. The molecule has 11 heteroatoms. The number of hydrogen-bond acceptors (Lipinski definition) is 6. The summed E-state index contributed by atoms with van der Waals surface area (Å²) in [5.41, 5.74) is -2.37. The predicted octanol–water partition coefficient (Wildman–Crippen LogP) is 4.28. The van der Waals surface area contributed by atoms with Gasteiger partial charge in [0.15, 0.2) is 10.8 Å². The summed E-state index contributed by atoms with van der Waals surface area (Å²) < 4.78 is 46.6. The number of amides is 1. The number of aromatic nitrogens is 1. The summed E-state index contributed by atoms with van der Waals surface area (Å²) in [5.74, 6) is 0.291. The Morgan fingerprint density at radius 1 is 1.25 bits per heavy atom. The van der Waals surface area contributed by atoms with Crippen LogP contribution >= 0.6 is 12.2 Å². The van der Waals surface area contributed by atoms with E-state index in [1.54, 1.807) is 29.2 Å². The topological polar surface area (TPSA) is 72.7 Å². The van der Waals surface area contributed by atoms with E-state index in [9.17, 15) is 18.0 Å². The van der Waals surface area contributed by atoms with Gasteiger partial charge in [-0.2, -0.15) is 18.4 Å². The molecule has 0 atom stereocenters. The number of anilines is 2. The van der Waals surface area contributed by atoms with Crippen molar-refractivity contribution in [2.24, 2.45) is 0 Å². The maximum atomic E-state index is 13.5. The number of nitrogens with zero attached hydrogens (tertiary/aromatic N) is 5. The quantitative estimate of drug-likeness (QED) is 0.422. The van der Waals surface area contributed by atoms with Crippen LogP contribution in [0, 0.1) is 11.3 Å². The van der Waals surface area contributed by atoms with Gasteiger partial charge in [-0.3, -0.25) is 14.6 Å². The number of carbonyl (C=O) groups is 1. The number of benzene rings is 1. The van der Waals surface area contributed by atoms with Crippen molar-refractivity contribution in [1.29, 1.82) is 5.26 Å². The Balaban J connectivity index is 1.41. The lowest BCUT2D eigenvalue weighted by Crippen LogP contribution is -2.55. The van der Waals surface area contributed by atoms with E-state index in [1.807, 2.05) is 6.08 Å². The summed E-state index contributed by atoms with van der Waals surface area (Å²) in [6, 6.07) is 9.43. The van der Waals surface area contributed by atoms with Crippen LogP contribution in [0.5, 0.6) is 5.75 Å². The third kappa shape index (κ3) is 3.90. The molecule has 1 aromatic carbocycles. The molecular formula is C25H22F3N5O2S. The van der Waals surface area contributed by atoms with Gasteiger partial charge in [0.1, 0.15) is 23.5 Å². The largest absolute Gasteiger partial charge is 0.488 e. The number of nitriles is 1. The fourth-order valence-corrected chi connectivity index (χ4v) is 5.35. The first-order valence-electron chi connectivity index (χ1n) is 11.4. The van der Waals surface area contributed by atoms with E-state index in [0.29, 0.717) is 24.3 Å². The Kier molecular flexibility index (Phi) is 5.97. The minimum absolute atomic E-state index is 0.0760. The molecule has 2 saturated heterocycles. The minimum atomic E-state index is -4.80. The SMILES string of the molecule is C=CCN1CC(Oc2ccc(N3C(=S)N(c4cnc(C#N)c(C(F)(F)F)c4)C(=O)C34CCC4)cc2)C1. The fraction of sp³-hybridized carbons (Fsp3) is 0.360. The van der Waals surface area contributed by atoms with Crippen molar-refractivity contribution in [1.82, 2.24) is 9.88 Å². The second-order valence-electron chi connectivity index (χ2n) is 9.08. The number of ether oxygens (including phenoxy) is 1. The molecule has 7 nitrogen and oxygen atoms in total. The van der Waals surface area contributed by atoms with Gasteiger partial charge in [0.2, 0.25) is 0 Å². The van der Waals surface area contributed by atoms with Crippen LogP contribution in [-0.2, 0) is 11.0 Å². The van der Waals surface area contributed by atoms with Gasteiger partial charge in [-0.05, 0) is 61.8 Å². The van der Waals surface area contributed by atoms with Crippen molar-refractivity contribution in [2.75, 3.05) is 29.4 Å². The van der Waals surface area contributed by atoms with E-state index in [4.69, 9.17) is 22.2 Å². The van der Waals surface area contributed by atoms with E-state index in [1.165, 1.54) is 6.07 Å². The van der Waals surface area contributed by atoms with Gasteiger partial charge in [-0.25, -0.2) is 4.98 Å². The van der Waals surface area contributed by atoms with Crippen LogP contribution in [0.4, 0.5) is 24.5 Å². The summed E-state index contributed by atoms with van der Waals surface area (Å²) in [4.78, 5) is 22.2. The molecule has 1 saturated carbocycles. The zero-order chi connectivity index (χ0) is 25.7. The van der Waals surface area contributed by atoms with Crippen LogP contribution < -0.4 is 14.5 Å². The lowest BCUT2D eigenvalue weighted by Gasteiger charge is -2.43. The summed E-state index contributed by atoms with van der Waals surface area (Å²) in [6.45, 7) is 6.18. The van der Waals surface area contributed by atoms with Crippen molar-refractivity contribution in [2.45, 2.75) is 37.1 Å². The van der Waals surface area contributed by atoms with Crippen LogP contribution in [0.1, 0.15) is 30.5 Å². The average molecular weight is 514 g/mol. The van der Waals surface area contributed by atoms with Crippen molar-refractivity contribution in [3.05, 3.63) is 60.4 Å². The monoisotopic (exact) mass is 513 g/mol. The van der Waals surface area contributed by atoms with Gasteiger partial charge in [0.25, 0.3) is 5.91 Å². The summed E-state index contributed by atoms with van der Waals surface area (Å²) in [7, 11) is 0. The zero-order valence-corrected chi connectivity index (χ0v) is 20.0. The standard InChI is InChI=1S/C25H22F3N5O2S/c1-2-10-31-14-19(15-31)35-18-6-4-16(5-7-18)33-23(36)32(22(34)24(33)8-3-9-24)17-11-20(25(26,27)28)21(12-29)30-13-17/h2,4-7,11,13,19H,1,3,8-10,14-15H2. The van der Waals surface area contributed by atoms with Crippen LogP contribution in [0.25, 0.3) is 0 Å². The van der Waals surface area contributed by atoms with Crippen molar-refractivity contribution >= 4 is 34.6 Å². The fourth-order valence-electron chi connectivity index (χ4n) is 4.88. The number of carbonyl (C=O) groups excluding carboxylic acids is 1. The van der Waals surface area contributed by atoms with Crippen LogP contribution in [0.15, 0.2) is 49.2 Å². The van der Waals surface area contributed by atoms with Crippen molar-refractivity contribution in [3.63, 3.8) is 0 Å². The van der Waals surface area contributed by atoms with Crippen LogP contribution in [0.3, 0.4) is 0 Å². The first-order chi connectivity index (χ1) is 17.2. The normalized spacial score (nSPS) is 19.7. The molecule has 0 radical (unpaired) electrons. The summed E-state index contributed by atoms with van der Waals surface area (Å²) >= 11 is 5.63. The number of halogens is 3. The number of likely N-dealkylation sites (tertiary alicyclic amines) is 1. The highest BCUT2D eigenvalue weighted by atomic mass is 32.1. The van der Waals surface area contributed by atoms with Crippen molar-refractivity contribution < 1.29 is 22.7 Å². The highest BCUT2D eigenvalue weighted by molar-refractivity contribution is 7.81. The second kappa shape index (κ2) is 8.87. The lowest BCUT2D eigenvalue weighted by molar-refractivity contribution is -0.138. The number of hydrogen-bond donors (Lipinski definition) is 0. The number of rotatable bonds is 6. The van der Waals surface area contributed by atoms with E-state index in [-0.39, 0.29) is 16.9 Å². The maximum absolute atomic E-state index is 13.5. The highest BCUT2D eigenvalue weighted by Crippen LogP contribution is 2.48. The third-order valence-corrected chi connectivity index (χ3v) is 7.21. The predicted molar refractivity (Wildman–Crippen MR) is 131 cm³/mol. The molecule has 2 aliphatic heterocycles. The zero-order valence-electron chi connectivity index (χ0n) is 19.2. The van der Waals surface area contributed by atoms with Crippen molar-refractivity contribution in [3.8, 4) is 11.8 Å². The number of thiocarbonyl (C=S) groups is 1. The maximum Gasteiger partial charge on any atom is 0.419 e. The van der Waals surface area contributed by atoms with Gasteiger partial charge in [-0.1, -0.05) is 6.08 Å². The molecular weight excluding hydrogens is 491 g/mol. The van der Waals surface area contributed by atoms with Gasteiger partial charge >= 0.3 is 6.18 Å². The van der Waals surface area contributed by atoms with Gasteiger partial charge < -0.3 is 9.64 Å². The molecule has 1 amide bonds. The Hall–Kier alpha value is -3.49. The van der Waals surface area contributed by atoms with E-state index in [2.05, 4.69) is 16.5 Å². The molecule has 36 heavy (non-hydrogen) atoms. The van der Waals surface area contributed by atoms with Gasteiger partial charge in [0.05, 0.1) is 17.4 Å². The average Bonchev–Trinajstić information content (AvgIpc) is 3.04. The summed E-state index contributed by atoms with van der Waals surface area (Å²) in [5, 5.41) is 9.13.